The summed E-state index contributed by atoms with van der Waals surface area (Å²) in [5.74, 6) is -1.88. The largest absolute Gasteiger partial charge is 0.493 e. The van der Waals surface area contributed by atoms with E-state index in [1.165, 1.54) is 0 Å². The van der Waals surface area contributed by atoms with Gasteiger partial charge in [-0.05, 0) is 30.5 Å². The van der Waals surface area contributed by atoms with Crippen molar-refractivity contribution in [3.05, 3.63) is 59.1 Å². The first-order valence-corrected chi connectivity index (χ1v) is 9.71. The fraction of sp³-hybridized carbons (Fsp3) is 0.238. The fourth-order valence-electron chi connectivity index (χ4n) is 3.50. The number of halogens is 1. The van der Waals surface area contributed by atoms with Gasteiger partial charge in [-0.2, -0.15) is 0 Å². The average molecular weight is 411 g/mol. The van der Waals surface area contributed by atoms with Crippen LogP contribution in [0.1, 0.15) is 18.4 Å². The predicted molar refractivity (Wildman–Crippen MR) is 109 cm³/mol. The summed E-state index contributed by atoms with van der Waals surface area (Å²) >= 11 is 6.27. The number of hydrogen-bond donors (Lipinski definition) is 2. The van der Waals surface area contributed by atoms with Gasteiger partial charge in [-0.3, -0.25) is 9.59 Å². The predicted octanol–water partition coefficient (Wildman–Crippen LogP) is 4.19. The van der Waals surface area contributed by atoms with Crippen molar-refractivity contribution in [3.8, 4) is 5.88 Å². The molecule has 1 saturated heterocycles. The number of piperidine rings is 1. The van der Waals surface area contributed by atoms with Gasteiger partial charge in [-0.15, -0.1) is 10.2 Å². The Kier molecular flexibility index (Phi) is 5.31. The average Bonchev–Trinajstić information content (AvgIpc) is 2.99. The zero-order valence-corrected chi connectivity index (χ0v) is 16.3. The molecule has 0 unspecified atom stereocenters. The van der Waals surface area contributed by atoms with E-state index in [1.807, 2.05) is 36.4 Å². The first-order valence-electron chi connectivity index (χ1n) is 9.33. The number of fused-ring (bicyclic) bond motifs is 1. The second-order valence-corrected chi connectivity index (χ2v) is 7.30. The summed E-state index contributed by atoms with van der Waals surface area (Å²) < 4.78 is 1.67. The molecule has 2 amide bonds. The highest BCUT2D eigenvalue weighted by molar-refractivity contribution is 6.31. The van der Waals surface area contributed by atoms with Gasteiger partial charge < -0.3 is 15.0 Å². The topological polar surface area (TPSA) is 96.0 Å². The molecule has 0 saturated carbocycles. The van der Waals surface area contributed by atoms with Gasteiger partial charge in [0.1, 0.15) is 5.92 Å². The lowest BCUT2D eigenvalue weighted by atomic mass is 9.98. The Morgan fingerprint density at radius 1 is 1.21 bits per heavy atom. The molecule has 148 valence electrons. The van der Waals surface area contributed by atoms with Crippen LogP contribution in [0.15, 0.2) is 58.8 Å². The fourth-order valence-corrected chi connectivity index (χ4v) is 3.70. The maximum absolute atomic E-state index is 12.3. The number of nitrogens with one attached hydrogen (secondary N) is 1. The number of carbonyl (C=O) groups is 2. The quantitative estimate of drug-likeness (QED) is 0.498. The van der Waals surface area contributed by atoms with E-state index in [0.717, 1.165) is 17.5 Å². The normalized spacial score (nSPS) is 17.0. The van der Waals surface area contributed by atoms with Crippen molar-refractivity contribution in [2.45, 2.75) is 19.4 Å². The molecule has 4 rings (SSSR count). The van der Waals surface area contributed by atoms with E-state index in [-0.39, 0.29) is 17.5 Å². The Labute approximate surface area is 172 Å². The third-order valence-electron chi connectivity index (χ3n) is 5.04. The van der Waals surface area contributed by atoms with Crippen molar-refractivity contribution >= 4 is 40.0 Å². The van der Waals surface area contributed by atoms with Gasteiger partial charge in [0.05, 0.1) is 12.1 Å². The van der Waals surface area contributed by atoms with Crippen LogP contribution in [0.3, 0.4) is 0 Å². The number of carbonyl (C=O) groups excluding carboxylic acids is 2. The lowest BCUT2D eigenvalue weighted by molar-refractivity contribution is -0.135. The zero-order chi connectivity index (χ0) is 20.4. The summed E-state index contributed by atoms with van der Waals surface area (Å²) in [4.78, 5) is 24.2. The van der Waals surface area contributed by atoms with Crippen molar-refractivity contribution in [1.82, 2.24) is 9.88 Å². The molecule has 29 heavy (non-hydrogen) atoms. The molecule has 8 heteroatoms. The van der Waals surface area contributed by atoms with Crippen molar-refractivity contribution in [2.75, 3.05) is 6.54 Å². The van der Waals surface area contributed by atoms with E-state index >= 15 is 0 Å². The summed E-state index contributed by atoms with van der Waals surface area (Å²) in [5, 5.41) is 22.5. The monoisotopic (exact) mass is 410 g/mol. The van der Waals surface area contributed by atoms with Crippen molar-refractivity contribution < 1.29 is 14.7 Å². The van der Waals surface area contributed by atoms with E-state index in [1.54, 1.807) is 16.7 Å². The summed E-state index contributed by atoms with van der Waals surface area (Å²) in [7, 11) is 0. The van der Waals surface area contributed by atoms with E-state index in [9.17, 15) is 14.7 Å². The number of para-hydroxylation sites is 1. The second-order valence-electron chi connectivity index (χ2n) is 6.89. The number of azo groups is 1. The zero-order valence-electron chi connectivity index (χ0n) is 15.5. The van der Waals surface area contributed by atoms with Gasteiger partial charge in [0.15, 0.2) is 5.69 Å². The number of aromatic nitrogens is 1. The molecule has 0 spiro atoms. The molecule has 0 aliphatic carbocycles. The van der Waals surface area contributed by atoms with Crippen molar-refractivity contribution in [3.63, 3.8) is 0 Å². The molecule has 7 nitrogen and oxygen atoms in total. The Morgan fingerprint density at radius 3 is 2.76 bits per heavy atom. The Balaban J connectivity index is 1.70. The van der Waals surface area contributed by atoms with Crippen molar-refractivity contribution in [1.29, 1.82) is 0 Å². The summed E-state index contributed by atoms with van der Waals surface area (Å²) in [6.07, 6.45) is 1.17. The summed E-state index contributed by atoms with van der Waals surface area (Å²) in [5.41, 5.74) is 1.77. The number of aromatic hydroxyl groups is 1. The number of amides is 2. The Hall–Kier alpha value is -3.19. The third kappa shape index (κ3) is 3.73. The van der Waals surface area contributed by atoms with Crippen molar-refractivity contribution in [2.24, 2.45) is 16.1 Å². The van der Waals surface area contributed by atoms with Crippen LogP contribution in [0.25, 0.3) is 10.9 Å². The molecule has 1 aliphatic heterocycles. The SMILES string of the molecule is O=C(N=Nc1c(O)n(Cc2ccccc2Cl)c2ccccc12)[C@@H]1CCCNC1=O. The minimum atomic E-state index is -0.828. The maximum atomic E-state index is 12.3. The number of benzene rings is 2. The minimum absolute atomic E-state index is 0.115. The van der Waals surface area contributed by atoms with Gasteiger partial charge in [0, 0.05) is 17.0 Å². The highest BCUT2D eigenvalue weighted by Crippen LogP contribution is 2.39. The molecule has 1 aliphatic rings. The molecule has 3 aromatic rings. The van der Waals surface area contributed by atoms with Gasteiger partial charge in [-0.1, -0.05) is 48.0 Å². The molecular formula is C21H19ClN4O3. The van der Waals surface area contributed by atoms with Gasteiger partial charge in [0.2, 0.25) is 11.8 Å². The standard InChI is InChI=1S/C21H19ClN4O3/c22-16-9-3-1-6-13(16)12-26-17-10-4-2-7-14(17)18(21(26)29)24-25-20(28)15-8-5-11-23-19(15)27/h1-4,6-7,9-10,15,29H,5,8,11-12H2,(H,23,27)/t15-/m1/s1. The molecule has 2 heterocycles. The summed E-state index contributed by atoms with van der Waals surface area (Å²) in [6.45, 7) is 0.899. The lowest BCUT2D eigenvalue weighted by Gasteiger charge is -2.18. The van der Waals surface area contributed by atoms with E-state index < -0.39 is 11.8 Å². The van der Waals surface area contributed by atoms with Gasteiger partial charge >= 0.3 is 0 Å². The molecule has 2 N–H and O–H groups in total. The maximum Gasteiger partial charge on any atom is 0.277 e. The Morgan fingerprint density at radius 2 is 1.97 bits per heavy atom. The first kappa shape index (κ1) is 19.1. The molecule has 1 fully saturated rings. The van der Waals surface area contributed by atoms with E-state index in [2.05, 4.69) is 15.5 Å². The lowest BCUT2D eigenvalue weighted by Crippen LogP contribution is -2.39. The van der Waals surface area contributed by atoms with Gasteiger partial charge in [-0.25, -0.2) is 0 Å². The van der Waals surface area contributed by atoms with Crippen LogP contribution < -0.4 is 5.32 Å². The Bertz CT molecular complexity index is 1120. The molecule has 0 bridgehead atoms. The molecular weight excluding hydrogens is 392 g/mol. The first-order chi connectivity index (χ1) is 14.1. The third-order valence-corrected chi connectivity index (χ3v) is 5.40. The number of nitrogens with zero attached hydrogens (tertiary/aromatic N) is 3. The van der Waals surface area contributed by atoms with E-state index in [0.29, 0.717) is 29.9 Å². The molecule has 0 radical (unpaired) electrons. The smallest absolute Gasteiger partial charge is 0.277 e. The van der Waals surface area contributed by atoms with E-state index in [4.69, 9.17) is 11.6 Å². The van der Waals surface area contributed by atoms with Crippen LogP contribution in [0.5, 0.6) is 5.88 Å². The van der Waals surface area contributed by atoms with Crippen LogP contribution in [0.4, 0.5) is 5.69 Å². The van der Waals surface area contributed by atoms with Gasteiger partial charge in [0.25, 0.3) is 5.91 Å². The number of hydrogen-bond acceptors (Lipinski definition) is 4. The highest BCUT2D eigenvalue weighted by Gasteiger charge is 2.29. The summed E-state index contributed by atoms with van der Waals surface area (Å²) in [6, 6.07) is 14.7. The molecule has 1 atom stereocenters. The van der Waals surface area contributed by atoms with Crippen LogP contribution in [-0.4, -0.2) is 28.0 Å². The number of rotatable bonds is 4. The van der Waals surface area contributed by atoms with Crippen LogP contribution in [0.2, 0.25) is 5.02 Å². The highest BCUT2D eigenvalue weighted by atomic mass is 35.5. The van der Waals surface area contributed by atoms with Crippen LogP contribution >= 0.6 is 11.6 Å². The second kappa shape index (κ2) is 8.05. The van der Waals surface area contributed by atoms with Crippen LogP contribution in [0, 0.1) is 5.92 Å². The molecule has 2 aromatic carbocycles. The minimum Gasteiger partial charge on any atom is -0.493 e. The van der Waals surface area contributed by atoms with Crippen LogP contribution in [-0.2, 0) is 16.1 Å². The molecule has 1 aromatic heterocycles.